The number of rotatable bonds is 1. The van der Waals surface area contributed by atoms with Crippen LogP contribution in [-0.4, -0.2) is 23.9 Å². The molecule has 1 aromatic rings. The molecule has 2 fully saturated rings. The zero-order chi connectivity index (χ0) is 15.0. The zero-order valence-electron chi connectivity index (χ0n) is 11.5. The fourth-order valence-electron chi connectivity index (χ4n) is 3.20. The summed E-state index contributed by atoms with van der Waals surface area (Å²) < 4.78 is 27.4. The highest BCUT2D eigenvalue weighted by Gasteiger charge is 2.47. The van der Waals surface area contributed by atoms with Crippen molar-refractivity contribution in [2.75, 3.05) is 11.4 Å². The number of hydrogen-bond donors (Lipinski definition) is 1. The molecule has 1 N–H and O–H groups in total. The summed E-state index contributed by atoms with van der Waals surface area (Å²) in [5, 5.41) is 2.79. The lowest BCUT2D eigenvalue weighted by Crippen LogP contribution is -2.55. The Morgan fingerprint density at radius 1 is 1.14 bits per heavy atom. The lowest BCUT2D eigenvalue weighted by molar-refractivity contribution is -0.129. The standard InChI is InChI=1S/C15H16F2N2O2/c16-10-4-3-5-11(13(10)17)19-9-6-12(20)18-15(14(19)21)7-1-2-8-15/h3-5H,1-2,6-9H2,(H,18,20). The van der Waals surface area contributed by atoms with E-state index in [1.807, 2.05) is 0 Å². The number of amides is 2. The number of hydrogen-bond acceptors (Lipinski definition) is 2. The Labute approximate surface area is 121 Å². The lowest BCUT2D eigenvalue weighted by atomic mass is 9.95. The number of carbonyl (C=O) groups excluding carboxylic acids is 2. The van der Waals surface area contributed by atoms with Crippen LogP contribution in [0.25, 0.3) is 0 Å². The van der Waals surface area contributed by atoms with Crippen molar-refractivity contribution in [3.8, 4) is 0 Å². The van der Waals surface area contributed by atoms with Crippen LogP contribution in [0.4, 0.5) is 14.5 Å². The molecule has 1 heterocycles. The van der Waals surface area contributed by atoms with E-state index in [0.29, 0.717) is 12.8 Å². The van der Waals surface area contributed by atoms with Crippen molar-refractivity contribution in [1.82, 2.24) is 5.32 Å². The van der Waals surface area contributed by atoms with Crippen molar-refractivity contribution in [2.45, 2.75) is 37.6 Å². The molecular formula is C15H16F2N2O2. The second-order valence-electron chi connectivity index (χ2n) is 5.62. The molecule has 0 aromatic heterocycles. The lowest BCUT2D eigenvalue weighted by Gasteiger charge is -2.31. The van der Waals surface area contributed by atoms with Crippen LogP contribution in [0.2, 0.25) is 0 Å². The third-order valence-corrected chi connectivity index (χ3v) is 4.27. The number of nitrogens with zero attached hydrogens (tertiary/aromatic N) is 1. The van der Waals surface area contributed by atoms with E-state index < -0.39 is 17.2 Å². The molecule has 2 amide bonds. The average molecular weight is 294 g/mol. The minimum absolute atomic E-state index is 0.0623. The van der Waals surface area contributed by atoms with Crippen molar-refractivity contribution >= 4 is 17.5 Å². The van der Waals surface area contributed by atoms with Crippen molar-refractivity contribution in [1.29, 1.82) is 0 Å². The number of halogens is 2. The molecule has 6 heteroatoms. The highest BCUT2D eigenvalue weighted by molar-refractivity contribution is 6.04. The van der Waals surface area contributed by atoms with E-state index in [1.165, 1.54) is 17.0 Å². The topological polar surface area (TPSA) is 49.4 Å². The maximum atomic E-state index is 14.0. The van der Waals surface area contributed by atoms with Crippen LogP contribution in [0.5, 0.6) is 0 Å². The molecule has 112 valence electrons. The van der Waals surface area contributed by atoms with Crippen LogP contribution in [0.1, 0.15) is 32.1 Å². The predicted octanol–water partition coefficient (Wildman–Crippen LogP) is 2.13. The molecule has 0 radical (unpaired) electrons. The largest absolute Gasteiger partial charge is 0.342 e. The first kappa shape index (κ1) is 14.0. The molecule has 1 saturated carbocycles. The molecule has 4 nitrogen and oxygen atoms in total. The molecule has 3 rings (SSSR count). The van der Waals surface area contributed by atoms with Gasteiger partial charge in [0.05, 0.1) is 5.69 Å². The van der Waals surface area contributed by atoms with Gasteiger partial charge in [-0.2, -0.15) is 0 Å². The maximum Gasteiger partial charge on any atom is 0.252 e. The van der Waals surface area contributed by atoms with Crippen LogP contribution < -0.4 is 10.2 Å². The number of carbonyl (C=O) groups is 2. The van der Waals surface area contributed by atoms with Gasteiger partial charge in [0.15, 0.2) is 11.6 Å². The molecule has 1 aliphatic carbocycles. The van der Waals surface area contributed by atoms with E-state index in [9.17, 15) is 18.4 Å². The van der Waals surface area contributed by atoms with E-state index in [-0.39, 0.29) is 30.5 Å². The van der Waals surface area contributed by atoms with E-state index >= 15 is 0 Å². The molecule has 1 spiro atoms. The summed E-state index contributed by atoms with van der Waals surface area (Å²) in [7, 11) is 0. The van der Waals surface area contributed by atoms with E-state index in [4.69, 9.17) is 0 Å². The second kappa shape index (κ2) is 5.09. The van der Waals surface area contributed by atoms with Gasteiger partial charge < -0.3 is 10.2 Å². The van der Waals surface area contributed by atoms with Gasteiger partial charge >= 0.3 is 0 Å². The minimum atomic E-state index is -1.05. The molecule has 2 aliphatic rings. The van der Waals surface area contributed by atoms with Gasteiger partial charge in [0.25, 0.3) is 5.91 Å². The maximum absolute atomic E-state index is 14.0. The van der Waals surface area contributed by atoms with Crippen molar-refractivity contribution in [2.24, 2.45) is 0 Å². The quantitative estimate of drug-likeness (QED) is 0.862. The van der Waals surface area contributed by atoms with Gasteiger partial charge in [-0.25, -0.2) is 8.78 Å². The third-order valence-electron chi connectivity index (χ3n) is 4.27. The van der Waals surface area contributed by atoms with Crippen molar-refractivity contribution < 1.29 is 18.4 Å². The fraction of sp³-hybridized carbons (Fsp3) is 0.467. The molecular weight excluding hydrogens is 278 g/mol. The smallest absolute Gasteiger partial charge is 0.252 e. The van der Waals surface area contributed by atoms with E-state index in [0.717, 1.165) is 18.9 Å². The van der Waals surface area contributed by atoms with Gasteiger partial charge in [-0.1, -0.05) is 18.9 Å². The normalized spacial score (nSPS) is 21.5. The van der Waals surface area contributed by atoms with E-state index in [1.54, 1.807) is 0 Å². The first-order valence-electron chi connectivity index (χ1n) is 7.10. The Morgan fingerprint density at radius 2 is 1.86 bits per heavy atom. The highest BCUT2D eigenvalue weighted by atomic mass is 19.2. The Morgan fingerprint density at radius 3 is 2.57 bits per heavy atom. The molecule has 0 atom stereocenters. The van der Waals surface area contributed by atoms with Gasteiger partial charge in [0.1, 0.15) is 5.54 Å². The molecule has 0 bridgehead atoms. The van der Waals surface area contributed by atoms with Crippen LogP contribution in [0.3, 0.4) is 0 Å². The second-order valence-corrected chi connectivity index (χ2v) is 5.62. The van der Waals surface area contributed by atoms with Crippen molar-refractivity contribution in [3.63, 3.8) is 0 Å². The van der Waals surface area contributed by atoms with Gasteiger partial charge in [0, 0.05) is 13.0 Å². The molecule has 21 heavy (non-hydrogen) atoms. The van der Waals surface area contributed by atoms with Gasteiger partial charge in [0.2, 0.25) is 5.91 Å². The summed E-state index contributed by atoms with van der Waals surface area (Å²) in [6.07, 6.45) is 2.86. The minimum Gasteiger partial charge on any atom is -0.342 e. The molecule has 0 unspecified atom stereocenters. The van der Waals surface area contributed by atoms with Crippen LogP contribution >= 0.6 is 0 Å². The van der Waals surface area contributed by atoms with Crippen molar-refractivity contribution in [3.05, 3.63) is 29.8 Å². The molecule has 1 aromatic carbocycles. The molecule has 1 saturated heterocycles. The van der Waals surface area contributed by atoms with Gasteiger partial charge in [-0.15, -0.1) is 0 Å². The fourth-order valence-corrected chi connectivity index (χ4v) is 3.20. The summed E-state index contributed by atoms with van der Waals surface area (Å²) in [6, 6.07) is 3.74. The van der Waals surface area contributed by atoms with Gasteiger partial charge in [-0.3, -0.25) is 9.59 Å². The summed E-state index contributed by atoms with van der Waals surface area (Å²) in [4.78, 5) is 25.9. The first-order valence-corrected chi connectivity index (χ1v) is 7.10. The first-order chi connectivity index (χ1) is 10.0. The SMILES string of the molecule is O=C1CCN(c2cccc(F)c2F)C(=O)C2(CCCC2)N1. The Bertz CT molecular complexity index is 597. The zero-order valence-corrected chi connectivity index (χ0v) is 11.5. The Balaban J connectivity index is 2.03. The van der Waals surface area contributed by atoms with E-state index in [2.05, 4.69) is 5.32 Å². The predicted molar refractivity (Wildman–Crippen MR) is 72.7 cm³/mol. The van der Waals surface area contributed by atoms with Crippen LogP contribution in [0, 0.1) is 11.6 Å². The van der Waals surface area contributed by atoms with Crippen LogP contribution in [-0.2, 0) is 9.59 Å². The Kier molecular flexibility index (Phi) is 3.39. The molecule has 1 aliphatic heterocycles. The average Bonchev–Trinajstić information content (AvgIpc) is 2.88. The summed E-state index contributed by atoms with van der Waals surface area (Å²) in [6.45, 7) is 0.0623. The summed E-state index contributed by atoms with van der Waals surface area (Å²) >= 11 is 0. The van der Waals surface area contributed by atoms with Gasteiger partial charge in [-0.05, 0) is 25.0 Å². The monoisotopic (exact) mass is 294 g/mol. The summed E-state index contributed by atoms with van der Waals surface area (Å²) in [5.74, 6) is -2.60. The Hall–Kier alpha value is -1.98. The number of benzene rings is 1. The third kappa shape index (κ3) is 2.28. The number of anilines is 1. The van der Waals surface area contributed by atoms with Crippen LogP contribution in [0.15, 0.2) is 18.2 Å². The number of nitrogens with one attached hydrogen (secondary N) is 1. The highest BCUT2D eigenvalue weighted by Crippen LogP contribution is 2.35. The summed E-state index contributed by atoms with van der Waals surface area (Å²) in [5.41, 5.74) is -1.05.